The second kappa shape index (κ2) is 5.28. The van der Waals surface area contributed by atoms with Crippen LogP contribution < -0.4 is 11.1 Å². The lowest BCUT2D eigenvalue weighted by molar-refractivity contribution is 0.102. The average molecular weight is 280 g/mol. The number of H-pyrrole nitrogens is 1. The van der Waals surface area contributed by atoms with Crippen molar-refractivity contribution in [2.75, 3.05) is 11.1 Å². The molecule has 0 saturated carbocycles. The van der Waals surface area contributed by atoms with E-state index in [-0.39, 0.29) is 16.9 Å². The van der Waals surface area contributed by atoms with Gasteiger partial charge in [-0.3, -0.25) is 9.89 Å². The first-order valence-electron chi connectivity index (χ1n) is 6.04. The molecule has 106 valence electrons. The van der Waals surface area contributed by atoms with Crippen molar-refractivity contribution in [1.82, 2.24) is 10.2 Å². The van der Waals surface area contributed by atoms with Crippen molar-refractivity contribution in [3.05, 3.63) is 40.7 Å². The highest BCUT2D eigenvalue weighted by molar-refractivity contribution is 6.06. The molecular formula is C13H14F2N4O. The number of rotatable bonds is 3. The minimum atomic E-state index is -0.855. The zero-order chi connectivity index (χ0) is 14.9. The van der Waals surface area contributed by atoms with Crippen molar-refractivity contribution in [1.29, 1.82) is 0 Å². The highest BCUT2D eigenvalue weighted by atomic mass is 19.1. The van der Waals surface area contributed by atoms with Crippen molar-refractivity contribution in [2.45, 2.75) is 20.3 Å². The van der Waals surface area contributed by atoms with Gasteiger partial charge in [0.1, 0.15) is 11.5 Å². The molecule has 4 N–H and O–H groups in total. The molecule has 2 aromatic rings. The number of nitrogens with one attached hydrogen (secondary N) is 2. The molecule has 0 saturated heterocycles. The molecular weight excluding hydrogens is 266 g/mol. The van der Waals surface area contributed by atoms with Crippen LogP contribution in [0.2, 0.25) is 0 Å². The maximum absolute atomic E-state index is 13.8. The number of nitrogen functional groups attached to an aromatic ring is 1. The number of anilines is 2. The number of hydrogen-bond acceptors (Lipinski definition) is 3. The number of nitrogens with zero attached hydrogens (tertiary/aromatic N) is 1. The van der Waals surface area contributed by atoms with Gasteiger partial charge in [0.2, 0.25) is 0 Å². The molecule has 0 bridgehead atoms. The monoisotopic (exact) mass is 280 g/mol. The summed E-state index contributed by atoms with van der Waals surface area (Å²) in [6, 6.07) is 2.37. The van der Waals surface area contributed by atoms with Crippen molar-refractivity contribution in [2.24, 2.45) is 0 Å². The number of hydrogen-bond donors (Lipinski definition) is 3. The van der Waals surface area contributed by atoms with Gasteiger partial charge in [-0.2, -0.15) is 5.10 Å². The van der Waals surface area contributed by atoms with Crippen LogP contribution >= 0.6 is 0 Å². The van der Waals surface area contributed by atoms with Gasteiger partial charge in [-0.05, 0) is 25.0 Å². The third kappa shape index (κ3) is 2.34. The van der Waals surface area contributed by atoms with Crippen LogP contribution in [0.5, 0.6) is 0 Å². The van der Waals surface area contributed by atoms with Crippen LogP contribution in [0, 0.1) is 18.6 Å². The van der Waals surface area contributed by atoms with E-state index in [1.807, 2.05) is 6.92 Å². The number of carbonyl (C=O) groups excluding carboxylic acids is 1. The van der Waals surface area contributed by atoms with Crippen molar-refractivity contribution >= 4 is 17.3 Å². The van der Waals surface area contributed by atoms with Crippen molar-refractivity contribution in [3.8, 4) is 0 Å². The van der Waals surface area contributed by atoms with Crippen LogP contribution in [0.3, 0.4) is 0 Å². The van der Waals surface area contributed by atoms with Gasteiger partial charge in [0.05, 0.1) is 11.4 Å². The highest BCUT2D eigenvalue weighted by Gasteiger charge is 2.20. The summed E-state index contributed by atoms with van der Waals surface area (Å²) in [6.07, 6.45) is 0.569. The molecule has 5 nitrogen and oxygen atoms in total. The maximum atomic E-state index is 13.8. The number of aromatic nitrogens is 2. The number of nitrogens with two attached hydrogens (primary N) is 1. The Morgan fingerprint density at radius 3 is 2.75 bits per heavy atom. The van der Waals surface area contributed by atoms with E-state index < -0.39 is 23.2 Å². The van der Waals surface area contributed by atoms with Crippen LogP contribution in [0.4, 0.5) is 20.2 Å². The zero-order valence-electron chi connectivity index (χ0n) is 11.1. The Labute approximate surface area is 114 Å². The Balaban J connectivity index is 2.33. The lowest BCUT2D eigenvalue weighted by Crippen LogP contribution is -2.16. The van der Waals surface area contributed by atoms with E-state index in [4.69, 9.17) is 5.73 Å². The molecule has 20 heavy (non-hydrogen) atoms. The molecule has 7 heteroatoms. The Bertz CT molecular complexity index is 667. The normalized spacial score (nSPS) is 10.6. The molecule has 1 aromatic heterocycles. The number of halogens is 2. The van der Waals surface area contributed by atoms with Gasteiger partial charge < -0.3 is 11.1 Å². The molecule has 0 spiro atoms. The number of carbonyl (C=O) groups is 1. The van der Waals surface area contributed by atoms with Gasteiger partial charge in [0.25, 0.3) is 5.91 Å². The SMILES string of the molecule is CCc1[nH]nc(C(=O)Nc2c(F)ccc(C)c2F)c1N. The van der Waals surface area contributed by atoms with Crippen molar-refractivity contribution in [3.63, 3.8) is 0 Å². The topological polar surface area (TPSA) is 83.8 Å². The van der Waals surface area contributed by atoms with E-state index in [9.17, 15) is 13.6 Å². The Hall–Kier alpha value is -2.44. The summed E-state index contributed by atoms with van der Waals surface area (Å²) in [5.41, 5.74) is 6.15. The van der Waals surface area contributed by atoms with Crippen LogP contribution in [0.1, 0.15) is 28.7 Å². The van der Waals surface area contributed by atoms with E-state index in [1.165, 1.54) is 13.0 Å². The van der Waals surface area contributed by atoms with Gasteiger partial charge >= 0.3 is 0 Å². The standard InChI is InChI=1S/C13H14F2N4O/c1-3-8-10(16)12(19-18-8)13(20)17-11-7(14)5-4-6(2)9(11)15/h4-5H,3,16H2,1-2H3,(H,17,20)(H,18,19). The van der Waals surface area contributed by atoms with Gasteiger partial charge in [-0.25, -0.2) is 8.78 Å². The van der Waals surface area contributed by atoms with Gasteiger partial charge in [-0.15, -0.1) is 0 Å². The summed E-state index contributed by atoms with van der Waals surface area (Å²) in [5, 5.41) is 8.53. The number of aromatic amines is 1. The van der Waals surface area contributed by atoms with Crippen LogP contribution in [-0.4, -0.2) is 16.1 Å². The van der Waals surface area contributed by atoms with Crippen LogP contribution in [-0.2, 0) is 6.42 Å². The first-order chi connectivity index (χ1) is 9.45. The first kappa shape index (κ1) is 14.0. The van der Waals surface area contributed by atoms with E-state index >= 15 is 0 Å². The fourth-order valence-electron chi connectivity index (χ4n) is 1.77. The predicted octanol–water partition coefficient (Wildman–Crippen LogP) is 2.39. The van der Waals surface area contributed by atoms with E-state index in [1.54, 1.807) is 0 Å². The molecule has 0 unspecified atom stereocenters. The molecule has 0 atom stereocenters. The average Bonchev–Trinajstić information content (AvgIpc) is 2.80. The smallest absolute Gasteiger partial charge is 0.278 e. The first-order valence-corrected chi connectivity index (χ1v) is 6.04. The Morgan fingerprint density at radius 2 is 2.15 bits per heavy atom. The summed E-state index contributed by atoms with van der Waals surface area (Å²) in [7, 11) is 0. The van der Waals surface area contributed by atoms with Gasteiger partial charge in [0.15, 0.2) is 11.5 Å². The minimum Gasteiger partial charge on any atom is -0.395 e. The summed E-state index contributed by atoms with van der Waals surface area (Å²) in [4.78, 5) is 12.0. The molecule has 1 amide bonds. The van der Waals surface area contributed by atoms with Gasteiger partial charge in [0, 0.05) is 0 Å². The molecule has 1 aromatic carbocycles. The number of amides is 1. The highest BCUT2D eigenvalue weighted by Crippen LogP contribution is 2.23. The summed E-state index contributed by atoms with van der Waals surface area (Å²) in [5.74, 6) is -2.43. The minimum absolute atomic E-state index is 0.0813. The summed E-state index contributed by atoms with van der Waals surface area (Å²) < 4.78 is 27.4. The Morgan fingerprint density at radius 1 is 1.45 bits per heavy atom. The summed E-state index contributed by atoms with van der Waals surface area (Å²) in [6.45, 7) is 3.31. The predicted molar refractivity (Wildman–Crippen MR) is 71.4 cm³/mol. The quantitative estimate of drug-likeness (QED) is 0.807. The van der Waals surface area contributed by atoms with Crippen LogP contribution in [0.25, 0.3) is 0 Å². The molecule has 0 aliphatic heterocycles. The largest absolute Gasteiger partial charge is 0.395 e. The van der Waals surface area contributed by atoms with E-state index in [2.05, 4.69) is 15.5 Å². The Kier molecular flexibility index (Phi) is 3.69. The summed E-state index contributed by atoms with van der Waals surface area (Å²) >= 11 is 0. The second-order valence-electron chi connectivity index (χ2n) is 4.33. The van der Waals surface area contributed by atoms with E-state index in [0.29, 0.717) is 12.1 Å². The van der Waals surface area contributed by atoms with Gasteiger partial charge in [-0.1, -0.05) is 13.0 Å². The zero-order valence-corrected chi connectivity index (χ0v) is 11.1. The molecule has 0 radical (unpaired) electrons. The third-order valence-electron chi connectivity index (χ3n) is 2.97. The number of aryl methyl sites for hydroxylation is 2. The third-order valence-corrected chi connectivity index (χ3v) is 2.97. The fraction of sp³-hybridized carbons (Fsp3) is 0.231. The van der Waals surface area contributed by atoms with Crippen LogP contribution in [0.15, 0.2) is 12.1 Å². The molecule has 2 rings (SSSR count). The lowest BCUT2D eigenvalue weighted by atomic mass is 10.2. The fourth-order valence-corrected chi connectivity index (χ4v) is 1.77. The lowest BCUT2D eigenvalue weighted by Gasteiger charge is -2.08. The molecule has 0 fully saturated rings. The second-order valence-corrected chi connectivity index (χ2v) is 4.33. The maximum Gasteiger partial charge on any atom is 0.278 e. The molecule has 1 heterocycles. The van der Waals surface area contributed by atoms with Crippen molar-refractivity contribution < 1.29 is 13.6 Å². The molecule has 0 aliphatic rings. The molecule has 0 aliphatic carbocycles. The van der Waals surface area contributed by atoms with E-state index in [0.717, 1.165) is 6.07 Å². The number of benzene rings is 1.